The first-order chi connectivity index (χ1) is 11.1. The van der Waals surface area contributed by atoms with Gasteiger partial charge in [-0.3, -0.25) is 4.79 Å². The fourth-order valence-electron chi connectivity index (χ4n) is 3.12. The summed E-state index contributed by atoms with van der Waals surface area (Å²) in [4.78, 5) is 16.3. The van der Waals surface area contributed by atoms with Crippen LogP contribution in [0.1, 0.15) is 43.4 Å². The first-order valence-corrected chi connectivity index (χ1v) is 8.48. The first kappa shape index (κ1) is 15.7. The molecule has 3 rings (SSSR count). The van der Waals surface area contributed by atoms with Gasteiger partial charge in [0.15, 0.2) is 0 Å². The van der Waals surface area contributed by atoms with E-state index in [-0.39, 0.29) is 11.8 Å². The maximum Gasteiger partial charge on any atom is 0.228 e. The van der Waals surface area contributed by atoms with Gasteiger partial charge in [0.1, 0.15) is 5.82 Å². The number of amides is 1. The van der Waals surface area contributed by atoms with Crippen LogP contribution in [0.4, 0.5) is 5.82 Å². The second-order valence-corrected chi connectivity index (χ2v) is 6.52. The van der Waals surface area contributed by atoms with Crippen molar-refractivity contribution < 1.29 is 4.79 Å². The van der Waals surface area contributed by atoms with Crippen LogP contribution in [0.3, 0.4) is 0 Å². The number of pyridine rings is 1. The molecule has 0 aliphatic heterocycles. The number of aryl methyl sites for hydroxylation is 3. The van der Waals surface area contributed by atoms with E-state index in [1.807, 2.05) is 32.2 Å². The van der Waals surface area contributed by atoms with E-state index < -0.39 is 0 Å². The molecule has 1 amide bonds. The number of carbonyl (C=O) groups excluding carboxylic acids is 1. The van der Waals surface area contributed by atoms with E-state index in [0.717, 1.165) is 12.0 Å². The summed E-state index contributed by atoms with van der Waals surface area (Å²) in [6, 6.07) is 8.56. The zero-order chi connectivity index (χ0) is 16.4. The number of rotatable bonds is 4. The molecule has 0 saturated heterocycles. The van der Waals surface area contributed by atoms with Crippen molar-refractivity contribution in [2.24, 2.45) is 5.92 Å². The third-order valence-electron chi connectivity index (χ3n) is 4.82. The zero-order valence-electron chi connectivity index (χ0n) is 14.1. The lowest BCUT2D eigenvalue weighted by molar-refractivity contribution is -0.119. The number of nitrogens with one attached hydrogen (secondary N) is 1. The Morgan fingerprint density at radius 2 is 2.00 bits per heavy atom. The summed E-state index contributed by atoms with van der Waals surface area (Å²) in [7, 11) is 0. The lowest BCUT2D eigenvalue weighted by Crippen LogP contribution is -2.20. The van der Waals surface area contributed by atoms with E-state index >= 15 is 0 Å². The van der Waals surface area contributed by atoms with Gasteiger partial charge in [-0.2, -0.15) is 0 Å². The van der Waals surface area contributed by atoms with Crippen molar-refractivity contribution in [3.8, 4) is 11.1 Å². The van der Waals surface area contributed by atoms with Gasteiger partial charge >= 0.3 is 0 Å². The molecule has 23 heavy (non-hydrogen) atoms. The zero-order valence-corrected chi connectivity index (χ0v) is 14.1. The molecule has 120 valence electrons. The van der Waals surface area contributed by atoms with Gasteiger partial charge in [0.25, 0.3) is 0 Å². The molecule has 0 bridgehead atoms. The van der Waals surface area contributed by atoms with E-state index in [1.165, 1.54) is 41.5 Å². The summed E-state index contributed by atoms with van der Waals surface area (Å²) in [6.07, 6.45) is 6.33. The standard InChI is InChI=1S/C20H24N2O/c1-4-13(2)20(23)22-19-9-8-17(12-21-19)18-11-16-7-5-6-15(16)10-14(18)3/h8-13H,4-7H2,1-3H3,(H,21,22,23). The van der Waals surface area contributed by atoms with Gasteiger partial charge in [-0.05, 0) is 67.0 Å². The highest BCUT2D eigenvalue weighted by atomic mass is 16.1. The third-order valence-corrected chi connectivity index (χ3v) is 4.82. The van der Waals surface area contributed by atoms with Gasteiger partial charge in [0, 0.05) is 17.7 Å². The van der Waals surface area contributed by atoms with Gasteiger partial charge in [-0.15, -0.1) is 0 Å². The maximum absolute atomic E-state index is 11.9. The molecule has 0 spiro atoms. The minimum atomic E-state index is 0.00966. The van der Waals surface area contributed by atoms with E-state index in [1.54, 1.807) is 0 Å². The third kappa shape index (κ3) is 3.29. The number of benzene rings is 1. The number of carbonyl (C=O) groups is 1. The Labute approximate surface area is 138 Å². The quantitative estimate of drug-likeness (QED) is 0.901. The monoisotopic (exact) mass is 308 g/mol. The van der Waals surface area contributed by atoms with Gasteiger partial charge in [-0.1, -0.05) is 26.0 Å². The van der Waals surface area contributed by atoms with Crippen molar-refractivity contribution in [2.45, 2.75) is 46.5 Å². The molecule has 1 aromatic heterocycles. The molecule has 1 atom stereocenters. The minimum Gasteiger partial charge on any atom is -0.310 e. The lowest BCUT2D eigenvalue weighted by Gasteiger charge is -2.12. The fourth-order valence-corrected chi connectivity index (χ4v) is 3.12. The second kappa shape index (κ2) is 6.53. The van der Waals surface area contributed by atoms with Crippen LogP contribution in [-0.2, 0) is 17.6 Å². The predicted octanol–water partition coefficient (Wildman–Crippen LogP) is 4.53. The van der Waals surface area contributed by atoms with Crippen LogP contribution in [0.25, 0.3) is 11.1 Å². The van der Waals surface area contributed by atoms with Crippen molar-refractivity contribution in [2.75, 3.05) is 5.32 Å². The summed E-state index contributed by atoms with van der Waals surface area (Å²) < 4.78 is 0. The van der Waals surface area contributed by atoms with Gasteiger partial charge in [-0.25, -0.2) is 4.98 Å². The summed E-state index contributed by atoms with van der Waals surface area (Å²) in [5, 5.41) is 2.88. The Kier molecular flexibility index (Phi) is 4.46. The molecule has 3 heteroatoms. The largest absolute Gasteiger partial charge is 0.310 e. The first-order valence-electron chi connectivity index (χ1n) is 8.48. The Balaban J connectivity index is 1.81. The lowest BCUT2D eigenvalue weighted by atomic mass is 9.96. The number of hydrogen-bond acceptors (Lipinski definition) is 2. The molecule has 1 aromatic carbocycles. The summed E-state index contributed by atoms with van der Waals surface area (Å²) in [5.74, 6) is 0.662. The van der Waals surface area contributed by atoms with Crippen LogP contribution in [-0.4, -0.2) is 10.9 Å². The number of nitrogens with zero attached hydrogens (tertiary/aromatic N) is 1. The molecular weight excluding hydrogens is 284 g/mol. The van der Waals surface area contributed by atoms with Crippen LogP contribution in [0.2, 0.25) is 0 Å². The molecule has 0 fully saturated rings. The number of fused-ring (bicyclic) bond motifs is 1. The molecule has 1 heterocycles. The Bertz CT molecular complexity index is 719. The smallest absolute Gasteiger partial charge is 0.228 e. The molecular formula is C20H24N2O. The Morgan fingerprint density at radius 1 is 1.26 bits per heavy atom. The van der Waals surface area contributed by atoms with E-state index in [2.05, 4.69) is 29.4 Å². The Morgan fingerprint density at radius 3 is 2.65 bits per heavy atom. The molecule has 1 N–H and O–H groups in total. The van der Waals surface area contributed by atoms with Gasteiger partial charge in [0.05, 0.1) is 0 Å². The molecule has 1 aliphatic rings. The maximum atomic E-state index is 11.9. The van der Waals surface area contributed by atoms with Crippen molar-refractivity contribution >= 4 is 11.7 Å². The topological polar surface area (TPSA) is 42.0 Å². The molecule has 3 nitrogen and oxygen atoms in total. The second-order valence-electron chi connectivity index (χ2n) is 6.52. The van der Waals surface area contributed by atoms with E-state index in [0.29, 0.717) is 5.82 Å². The SMILES string of the molecule is CCC(C)C(=O)Nc1ccc(-c2cc3c(cc2C)CCC3)cn1. The summed E-state index contributed by atoms with van der Waals surface area (Å²) in [6.45, 7) is 6.10. The number of aromatic nitrogens is 1. The van der Waals surface area contributed by atoms with Crippen LogP contribution in [0.5, 0.6) is 0 Å². The van der Waals surface area contributed by atoms with Crippen LogP contribution >= 0.6 is 0 Å². The van der Waals surface area contributed by atoms with Crippen molar-refractivity contribution in [1.82, 2.24) is 4.98 Å². The minimum absolute atomic E-state index is 0.00966. The van der Waals surface area contributed by atoms with E-state index in [4.69, 9.17) is 0 Å². The highest BCUT2D eigenvalue weighted by Gasteiger charge is 2.15. The van der Waals surface area contributed by atoms with Crippen LogP contribution < -0.4 is 5.32 Å². The van der Waals surface area contributed by atoms with Crippen LogP contribution in [0.15, 0.2) is 30.5 Å². The molecule has 1 aliphatic carbocycles. The Hall–Kier alpha value is -2.16. The van der Waals surface area contributed by atoms with Gasteiger partial charge in [0.2, 0.25) is 5.91 Å². The average Bonchev–Trinajstić information content (AvgIpc) is 3.01. The normalized spacial score (nSPS) is 14.4. The van der Waals surface area contributed by atoms with Crippen molar-refractivity contribution in [3.05, 3.63) is 47.2 Å². The fraction of sp³-hybridized carbons (Fsp3) is 0.400. The van der Waals surface area contributed by atoms with Crippen molar-refractivity contribution in [3.63, 3.8) is 0 Å². The van der Waals surface area contributed by atoms with Crippen LogP contribution in [0, 0.1) is 12.8 Å². The average molecular weight is 308 g/mol. The summed E-state index contributed by atoms with van der Waals surface area (Å²) >= 11 is 0. The highest BCUT2D eigenvalue weighted by Crippen LogP contribution is 2.31. The predicted molar refractivity (Wildman–Crippen MR) is 94.5 cm³/mol. The molecule has 0 saturated carbocycles. The highest BCUT2D eigenvalue weighted by molar-refractivity contribution is 5.91. The number of anilines is 1. The van der Waals surface area contributed by atoms with Gasteiger partial charge < -0.3 is 5.32 Å². The molecule has 1 unspecified atom stereocenters. The summed E-state index contributed by atoms with van der Waals surface area (Å²) in [5.41, 5.74) is 6.62. The van der Waals surface area contributed by atoms with Crippen molar-refractivity contribution in [1.29, 1.82) is 0 Å². The number of hydrogen-bond donors (Lipinski definition) is 1. The molecule has 2 aromatic rings. The molecule has 0 radical (unpaired) electrons. The van der Waals surface area contributed by atoms with E-state index in [9.17, 15) is 4.79 Å².